The molecule has 108 valence electrons. The summed E-state index contributed by atoms with van der Waals surface area (Å²) in [4.78, 5) is 2.48. The van der Waals surface area contributed by atoms with Gasteiger partial charge in [-0.3, -0.25) is 4.90 Å². The summed E-state index contributed by atoms with van der Waals surface area (Å²) in [6.45, 7) is 4.24. The second-order valence-electron chi connectivity index (χ2n) is 5.32. The van der Waals surface area contributed by atoms with E-state index in [-0.39, 0.29) is 6.61 Å². The van der Waals surface area contributed by atoms with Crippen LogP contribution < -0.4 is 0 Å². The molecule has 0 amide bonds. The molecule has 20 heavy (non-hydrogen) atoms. The van der Waals surface area contributed by atoms with Crippen LogP contribution in [0.4, 0.5) is 0 Å². The van der Waals surface area contributed by atoms with E-state index in [4.69, 9.17) is 9.84 Å². The van der Waals surface area contributed by atoms with Crippen molar-refractivity contribution in [3.05, 3.63) is 35.4 Å². The van der Waals surface area contributed by atoms with Crippen LogP contribution in [0.5, 0.6) is 0 Å². The molecule has 1 fully saturated rings. The van der Waals surface area contributed by atoms with Gasteiger partial charge in [0.1, 0.15) is 0 Å². The predicted molar refractivity (Wildman–Crippen MR) is 80.3 cm³/mol. The van der Waals surface area contributed by atoms with Gasteiger partial charge in [-0.2, -0.15) is 0 Å². The number of nitrogens with zero attached hydrogens (tertiary/aromatic N) is 1. The zero-order valence-corrected chi connectivity index (χ0v) is 12.1. The van der Waals surface area contributed by atoms with Crippen molar-refractivity contribution in [2.45, 2.75) is 19.4 Å². The molecule has 1 unspecified atom stereocenters. The molecule has 0 spiro atoms. The Morgan fingerprint density at radius 1 is 1.45 bits per heavy atom. The molecule has 3 nitrogen and oxygen atoms in total. The number of aliphatic hydroxyl groups excluding tert-OH is 1. The van der Waals surface area contributed by atoms with Crippen molar-refractivity contribution in [2.75, 3.05) is 33.4 Å². The quantitative estimate of drug-likeness (QED) is 0.832. The number of hydrogen-bond donors (Lipinski definition) is 1. The Morgan fingerprint density at radius 2 is 2.35 bits per heavy atom. The first kappa shape index (κ1) is 15.1. The number of hydrogen-bond acceptors (Lipinski definition) is 3. The minimum Gasteiger partial charge on any atom is -0.395 e. The van der Waals surface area contributed by atoms with E-state index in [2.05, 4.69) is 34.9 Å². The standard InChI is InChI=1S/C17H23NO2/c1-20-14-17-8-9-18(13-17)12-16-7-4-6-15(11-16)5-2-3-10-19/h4,6-7,11,17,19H,3,8-10,12-14H2,1H3. The summed E-state index contributed by atoms with van der Waals surface area (Å²) < 4.78 is 5.23. The number of aliphatic hydroxyl groups is 1. The van der Waals surface area contributed by atoms with Gasteiger partial charge in [-0.15, -0.1) is 0 Å². The van der Waals surface area contributed by atoms with Gasteiger partial charge in [0.2, 0.25) is 0 Å². The molecule has 2 rings (SSSR count). The van der Waals surface area contributed by atoms with Gasteiger partial charge in [-0.1, -0.05) is 24.0 Å². The molecule has 0 saturated carbocycles. The SMILES string of the molecule is COCC1CCN(Cc2cccc(C#CCCO)c2)C1. The summed E-state index contributed by atoms with van der Waals surface area (Å²) >= 11 is 0. The highest BCUT2D eigenvalue weighted by Gasteiger charge is 2.22. The van der Waals surface area contributed by atoms with Crippen molar-refractivity contribution in [1.29, 1.82) is 0 Å². The van der Waals surface area contributed by atoms with Gasteiger partial charge >= 0.3 is 0 Å². The Kier molecular flexibility index (Phi) is 6.07. The van der Waals surface area contributed by atoms with E-state index in [1.165, 1.54) is 12.0 Å². The monoisotopic (exact) mass is 273 g/mol. The summed E-state index contributed by atoms with van der Waals surface area (Å²) in [7, 11) is 1.77. The highest BCUT2D eigenvalue weighted by Crippen LogP contribution is 2.19. The second-order valence-corrected chi connectivity index (χ2v) is 5.32. The molecule has 1 atom stereocenters. The minimum absolute atomic E-state index is 0.126. The molecule has 1 aromatic carbocycles. The molecule has 1 saturated heterocycles. The number of benzene rings is 1. The van der Waals surface area contributed by atoms with Crippen LogP contribution in [0.15, 0.2) is 24.3 Å². The summed E-state index contributed by atoms with van der Waals surface area (Å²) in [5.41, 5.74) is 2.34. The lowest BCUT2D eigenvalue weighted by atomic mass is 10.1. The molecule has 0 aromatic heterocycles. The molecule has 0 radical (unpaired) electrons. The number of methoxy groups -OCH3 is 1. The van der Waals surface area contributed by atoms with Gasteiger partial charge in [0.05, 0.1) is 13.2 Å². The van der Waals surface area contributed by atoms with Crippen LogP contribution in [0, 0.1) is 17.8 Å². The van der Waals surface area contributed by atoms with Gasteiger partial charge in [-0.05, 0) is 36.6 Å². The molecule has 0 aliphatic carbocycles. The van der Waals surface area contributed by atoms with Gasteiger partial charge in [-0.25, -0.2) is 0 Å². The summed E-state index contributed by atoms with van der Waals surface area (Å²) in [6.07, 6.45) is 1.76. The van der Waals surface area contributed by atoms with E-state index in [1.54, 1.807) is 7.11 Å². The van der Waals surface area contributed by atoms with E-state index in [1.807, 2.05) is 6.07 Å². The Bertz CT molecular complexity index is 475. The van der Waals surface area contributed by atoms with Crippen LogP contribution in [0.3, 0.4) is 0 Å². The Balaban J connectivity index is 1.90. The van der Waals surface area contributed by atoms with Crippen LogP contribution in [0.1, 0.15) is 24.0 Å². The first-order chi connectivity index (χ1) is 9.81. The lowest BCUT2D eigenvalue weighted by Gasteiger charge is -2.16. The number of rotatable bonds is 5. The van der Waals surface area contributed by atoms with E-state index in [0.717, 1.165) is 31.8 Å². The van der Waals surface area contributed by atoms with Gasteiger partial charge < -0.3 is 9.84 Å². The molecular formula is C17H23NO2. The Morgan fingerprint density at radius 3 is 3.15 bits per heavy atom. The first-order valence-corrected chi connectivity index (χ1v) is 7.22. The molecule has 1 aliphatic rings. The van der Waals surface area contributed by atoms with Crippen molar-refractivity contribution in [1.82, 2.24) is 4.90 Å². The fourth-order valence-corrected chi connectivity index (χ4v) is 2.65. The molecule has 0 bridgehead atoms. The fraction of sp³-hybridized carbons (Fsp3) is 0.529. The highest BCUT2D eigenvalue weighted by atomic mass is 16.5. The predicted octanol–water partition coefficient (Wildman–Crippen LogP) is 1.89. The van der Waals surface area contributed by atoms with E-state index < -0.39 is 0 Å². The maximum Gasteiger partial charge on any atom is 0.0540 e. The molecular weight excluding hydrogens is 250 g/mol. The van der Waals surface area contributed by atoms with Crippen molar-refractivity contribution in [3.8, 4) is 11.8 Å². The third-order valence-electron chi connectivity index (χ3n) is 3.58. The third-order valence-corrected chi connectivity index (χ3v) is 3.58. The van der Waals surface area contributed by atoms with E-state index in [0.29, 0.717) is 12.3 Å². The van der Waals surface area contributed by atoms with E-state index >= 15 is 0 Å². The lowest BCUT2D eigenvalue weighted by molar-refractivity contribution is 0.152. The maximum absolute atomic E-state index is 8.74. The fourth-order valence-electron chi connectivity index (χ4n) is 2.65. The largest absolute Gasteiger partial charge is 0.395 e. The second kappa shape index (κ2) is 8.06. The van der Waals surface area contributed by atoms with Crippen LogP contribution in [-0.2, 0) is 11.3 Å². The third kappa shape index (κ3) is 4.64. The van der Waals surface area contributed by atoms with Crippen LogP contribution in [0.2, 0.25) is 0 Å². The molecule has 1 heterocycles. The molecule has 1 aliphatic heterocycles. The van der Waals surface area contributed by atoms with Crippen LogP contribution in [0.25, 0.3) is 0 Å². The Hall–Kier alpha value is -1.34. The van der Waals surface area contributed by atoms with Gasteiger partial charge in [0, 0.05) is 32.2 Å². The van der Waals surface area contributed by atoms with Crippen molar-refractivity contribution in [3.63, 3.8) is 0 Å². The smallest absolute Gasteiger partial charge is 0.0540 e. The molecule has 3 heteroatoms. The van der Waals surface area contributed by atoms with E-state index in [9.17, 15) is 0 Å². The minimum atomic E-state index is 0.126. The molecule has 1 aromatic rings. The number of ether oxygens (including phenoxy) is 1. The summed E-state index contributed by atoms with van der Waals surface area (Å²) in [5.74, 6) is 6.73. The molecule has 1 N–H and O–H groups in total. The summed E-state index contributed by atoms with van der Waals surface area (Å²) in [5, 5.41) is 8.74. The number of likely N-dealkylation sites (tertiary alicyclic amines) is 1. The van der Waals surface area contributed by atoms with Crippen LogP contribution >= 0.6 is 0 Å². The van der Waals surface area contributed by atoms with Crippen molar-refractivity contribution in [2.24, 2.45) is 5.92 Å². The first-order valence-electron chi connectivity index (χ1n) is 7.22. The van der Waals surface area contributed by atoms with Gasteiger partial charge in [0.25, 0.3) is 0 Å². The topological polar surface area (TPSA) is 32.7 Å². The highest BCUT2D eigenvalue weighted by molar-refractivity contribution is 5.37. The lowest BCUT2D eigenvalue weighted by Crippen LogP contribution is -2.21. The average molecular weight is 273 g/mol. The maximum atomic E-state index is 8.74. The average Bonchev–Trinajstić information content (AvgIpc) is 2.87. The van der Waals surface area contributed by atoms with Crippen LogP contribution in [-0.4, -0.2) is 43.4 Å². The zero-order chi connectivity index (χ0) is 14.2. The van der Waals surface area contributed by atoms with Crippen molar-refractivity contribution >= 4 is 0 Å². The summed E-state index contributed by atoms with van der Waals surface area (Å²) in [6, 6.07) is 8.38. The normalized spacial score (nSPS) is 18.8. The zero-order valence-electron chi connectivity index (χ0n) is 12.1. The van der Waals surface area contributed by atoms with Gasteiger partial charge in [0.15, 0.2) is 0 Å². The Labute approximate surface area is 121 Å². The van der Waals surface area contributed by atoms with Crippen molar-refractivity contribution < 1.29 is 9.84 Å².